The average molecular weight is 894 g/mol. The molecule has 10 aromatic carbocycles. The fourth-order valence-electron chi connectivity index (χ4n) is 10.1. The Kier molecular flexibility index (Phi) is 10.9. The van der Waals surface area contributed by atoms with Crippen LogP contribution in [-0.4, -0.2) is 0 Å². The first kappa shape index (κ1) is 43.1. The van der Waals surface area contributed by atoms with Crippen LogP contribution in [0, 0.1) is 0 Å². The largest absolute Gasteiger partial charge is 0.308 e. The third-order valence-corrected chi connectivity index (χ3v) is 14.8. The van der Waals surface area contributed by atoms with Crippen LogP contribution < -0.4 is 4.90 Å². The zero-order valence-corrected chi connectivity index (χ0v) is 40.5. The Labute approximate surface area is 405 Å². The molecule has 11 aromatic rings. The van der Waals surface area contributed by atoms with Crippen molar-refractivity contribution < 1.29 is 0 Å². The number of para-hydroxylation sites is 2. The fourth-order valence-corrected chi connectivity index (χ4v) is 11.3. The highest BCUT2D eigenvalue weighted by atomic mass is 32.1. The van der Waals surface area contributed by atoms with Crippen LogP contribution in [0.2, 0.25) is 0 Å². The van der Waals surface area contributed by atoms with Crippen molar-refractivity contribution in [3.8, 4) is 55.6 Å². The molecule has 0 amide bonds. The SMILES string of the molecule is CC(C)(C)c1cc(-c2cccc3cccc(-c4ccccc4N(c4ccccc4-c4ccccc4-c4ccccc4-c4ccccc4)c4cccc5c4sc4ccccc45)c23)cc(C(C)(C)C)c1. The topological polar surface area (TPSA) is 3.24 Å². The first-order valence-electron chi connectivity index (χ1n) is 23.8. The second-order valence-corrected chi connectivity index (χ2v) is 21.1. The van der Waals surface area contributed by atoms with Crippen LogP contribution in [0.3, 0.4) is 0 Å². The first-order chi connectivity index (χ1) is 33.0. The molecule has 0 aliphatic heterocycles. The van der Waals surface area contributed by atoms with Crippen LogP contribution in [0.4, 0.5) is 17.1 Å². The smallest absolute Gasteiger partial charge is 0.0640 e. The quantitative estimate of drug-likeness (QED) is 0.147. The summed E-state index contributed by atoms with van der Waals surface area (Å²) in [5.41, 5.74) is 18.1. The zero-order valence-electron chi connectivity index (χ0n) is 39.7. The molecule has 0 N–H and O–H groups in total. The molecular formula is C66H55NS. The standard InChI is InChI=1S/C66H55NS/c1-65(2,3)47-41-46(42-48(43-47)66(4,5)6)50-34-20-25-45-26-21-35-57(63(45)50)55-32-15-18-38-60(55)67(61-39-22-36-58-56-33-16-19-40-62(56)68-64(58)61)59-37-17-14-31-54(59)53-30-13-12-29-52(53)51-28-11-10-27-49(51)44-23-8-7-9-24-44/h7-43H,1-6H3. The molecule has 2 heteroatoms. The summed E-state index contributed by atoms with van der Waals surface area (Å²) in [6.07, 6.45) is 0. The number of fused-ring (bicyclic) bond motifs is 4. The van der Waals surface area contributed by atoms with Crippen molar-refractivity contribution >= 4 is 59.3 Å². The van der Waals surface area contributed by atoms with Gasteiger partial charge in [0.15, 0.2) is 0 Å². The molecule has 0 aliphatic carbocycles. The monoisotopic (exact) mass is 893 g/mol. The summed E-state index contributed by atoms with van der Waals surface area (Å²) in [5.74, 6) is 0. The average Bonchev–Trinajstić information content (AvgIpc) is 3.76. The Morgan fingerprint density at radius 3 is 1.40 bits per heavy atom. The van der Waals surface area contributed by atoms with Gasteiger partial charge >= 0.3 is 0 Å². The van der Waals surface area contributed by atoms with Crippen LogP contribution in [0.1, 0.15) is 52.7 Å². The van der Waals surface area contributed by atoms with Crippen LogP contribution >= 0.6 is 11.3 Å². The summed E-state index contributed by atoms with van der Waals surface area (Å²) in [6, 6.07) is 83.3. The van der Waals surface area contributed by atoms with Gasteiger partial charge in [0.25, 0.3) is 0 Å². The van der Waals surface area contributed by atoms with E-state index in [-0.39, 0.29) is 10.8 Å². The Balaban J connectivity index is 1.19. The zero-order chi connectivity index (χ0) is 46.6. The molecule has 68 heavy (non-hydrogen) atoms. The minimum absolute atomic E-state index is 0.0141. The van der Waals surface area contributed by atoms with E-state index in [1.807, 2.05) is 11.3 Å². The Hall–Kier alpha value is -7.52. The minimum atomic E-state index is -0.0141. The van der Waals surface area contributed by atoms with E-state index in [4.69, 9.17) is 0 Å². The molecule has 1 heterocycles. The van der Waals surface area contributed by atoms with Crippen molar-refractivity contribution in [1.82, 2.24) is 0 Å². The van der Waals surface area contributed by atoms with Crippen LogP contribution in [0.5, 0.6) is 0 Å². The third-order valence-electron chi connectivity index (χ3n) is 13.6. The molecule has 330 valence electrons. The predicted molar refractivity (Wildman–Crippen MR) is 296 cm³/mol. The van der Waals surface area contributed by atoms with Crippen molar-refractivity contribution in [1.29, 1.82) is 0 Å². The maximum atomic E-state index is 2.56. The predicted octanol–water partition coefficient (Wildman–Crippen LogP) is 19.6. The Morgan fingerprint density at radius 1 is 0.324 bits per heavy atom. The molecule has 0 unspecified atom stereocenters. The summed E-state index contributed by atoms with van der Waals surface area (Å²) >= 11 is 1.88. The molecule has 0 saturated heterocycles. The molecule has 0 atom stereocenters. The van der Waals surface area contributed by atoms with Gasteiger partial charge in [0.05, 0.1) is 21.8 Å². The maximum Gasteiger partial charge on any atom is 0.0640 e. The Morgan fingerprint density at radius 2 is 0.765 bits per heavy atom. The number of rotatable bonds is 8. The second kappa shape index (κ2) is 17.3. The highest BCUT2D eigenvalue weighted by Gasteiger charge is 2.27. The maximum absolute atomic E-state index is 2.56. The van der Waals surface area contributed by atoms with Gasteiger partial charge in [-0.3, -0.25) is 0 Å². The van der Waals surface area contributed by atoms with Gasteiger partial charge in [0.2, 0.25) is 0 Å². The van der Waals surface area contributed by atoms with Gasteiger partial charge in [-0.25, -0.2) is 0 Å². The van der Waals surface area contributed by atoms with Gasteiger partial charge in [0, 0.05) is 26.6 Å². The van der Waals surface area contributed by atoms with Crippen molar-refractivity contribution in [2.45, 2.75) is 52.4 Å². The van der Waals surface area contributed by atoms with E-state index in [9.17, 15) is 0 Å². The lowest BCUT2D eigenvalue weighted by Gasteiger charge is -2.31. The van der Waals surface area contributed by atoms with E-state index in [1.54, 1.807) is 0 Å². The summed E-state index contributed by atoms with van der Waals surface area (Å²) < 4.78 is 2.54. The summed E-state index contributed by atoms with van der Waals surface area (Å²) in [4.78, 5) is 2.56. The van der Waals surface area contributed by atoms with Gasteiger partial charge in [0.1, 0.15) is 0 Å². The first-order valence-corrected chi connectivity index (χ1v) is 24.7. The lowest BCUT2D eigenvalue weighted by atomic mass is 9.78. The number of hydrogen-bond donors (Lipinski definition) is 0. The highest BCUT2D eigenvalue weighted by molar-refractivity contribution is 7.26. The van der Waals surface area contributed by atoms with E-state index in [0.717, 1.165) is 22.6 Å². The number of benzene rings is 10. The number of nitrogens with zero attached hydrogens (tertiary/aromatic N) is 1. The van der Waals surface area contributed by atoms with E-state index in [0.29, 0.717) is 0 Å². The summed E-state index contributed by atoms with van der Waals surface area (Å²) in [5, 5.41) is 5.02. The molecule has 1 aromatic heterocycles. The van der Waals surface area contributed by atoms with Crippen LogP contribution in [-0.2, 0) is 10.8 Å². The molecule has 0 spiro atoms. The number of anilines is 3. The van der Waals surface area contributed by atoms with Crippen molar-refractivity contribution in [3.63, 3.8) is 0 Å². The Bertz CT molecular complexity index is 3620. The van der Waals surface area contributed by atoms with Gasteiger partial charge in [-0.1, -0.05) is 242 Å². The van der Waals surface area contributed by atoms with E-state index in [1.165, 1.54) is 92.1 Å². The molecule has 0 bridgehead atoms. The molecule has 0 radical (unpaired) electrons. The van der Waals surface area contributed by atoms with Crippen LogP contribution in [0.25, 0.3) is 86.6 Å². The molecule has 0 aliphatic rings. The molecular weight excluding hydrogens is 839 g/mol. The molecule has 1 nitrogen and oxygen atoms in total. The lowest BCUT2D eigenvalue weighted by molar-refractivity contribution is 0.569. The highest BCUT2D eigenvalue weighted by Crippen LogP contribution is 2.52. The lowest BCUT2D eigenvalue weighted by Crippen LogP contribution is -2.16. The summed E-state index contributed by atoms with van der Waals surface area (Å²) in [6.45, 7) is 14.0. The molecule has 0 fully saturated rings. The second-order valence-electron chi connectivity index (χ2n) is 20.1. The van der Waals surface area contributed by atoms with Gasteiger partial charge < -0.3 is 4.90 Å². The number of thiophene rings is 1. The van der Waals surface area contributed by atoms with Crippen LogP contribution in [0.15, 0.2) is 224 Å². The fraction of sp³-hybridized carbons (Fsp3) is 0.121. The van der Waals surface area contributed by atoms with E-state index < -0.39 is 0 Å². The summed E-state index contributed by atoms with van der Waals surface area (Å²) in [7, 11) is 0. The molecule has 11 rings (SSSR count). The van der Waals surface area contributed by atoms with E-state index >= 15 is 0 Å². The van der Waals surface area contributed by atoms with Gasteiger partial charge in [-0.05, 0) is 102 Å². The third kappa shape index (κ3) is 7.79. The van der Waals surface area contributed by atoms with Crippen molar-refractivity contribution in [2.75, 3.05) is 4.90 Å². The van der Waals surface area contributed by atoms with Gasteiger partial charge in [-0.15, -0.1) is 11.3 Å². The minimum Gasteiger partial charge on any atom is -0.308 e. The molecule has 0 saturated carbocycles. The van der Waals surface area contributed by atoms with Crippen molar-refractivity contribution in [3.05, 3.63) is 236 Å². The van der Waals surface area contributed by atoms with Gasteiger partial charge in [-0.2, -0.15) is 0 Å². The number of hydrogen-bond acceptors (Lipinski definition) is 2. The van der Waals surface area contributed by atoms with Crippen molar-refractivity contribution in [2.24, 2.45) is 0 Å². The normalized spacial score (nSPS) is 12.0. The van der Waals surface area contributed by atoms with E-state index in [2.05, 4.69) is 271 Å².